The van der Waals surface area contributed by atoms with E-state index in [1.807, 2.05) is 18.2 Å². The molecule has 2 unspecified atom stereocenters. The van der Waals surface area contributed by atoms with Crippen molar-refractivity contribution in [1.29, 1.82) is 0 Å². The zero-order valence-electron chi connectivity index (χ0n) is 19.0. The van der Waals surface area contributed by atoms with Crippen molar-refractivity contribution in [2.75, 3.05) is 11.9 Å². The third kappa shape index (κ3) is 4.61. The number of nitrogens with zero attached hydrogens (tertiary/aromatic N) is 3. The van der Waals surface area contributed by atoms with Gasteiger partial charge >= 0.3 is 0 Å². The number of amides is 1. The van der Waals surface area contributed by atoms with Gasteiger partial charge in [-0.2, -0.15) is 0 Å². The minimum atomic E-state index is -0.454. The Labute approximate surface area is 198 Å². The van der Waals surface area contributed by atoms with Gasteiger partial charge in [0, 0.05) is 37.1 Å². The Balaban J connectivity index is 1.60. The Hall–Kier alpha value is -3.26. The van der Waals surface area contributed by atoms with Crippen LogP contribution in [-0.2, 0) is 11.3 Å². The molecule has 0 saturated carbocycles. The maximum atomic E-state index is 13.9. The van der Waals surface area contributed by atoms with E-state index in [0.29, 0.717) is 11.7 Å². The van der Waals surface area contributed by atoms with Crippen molar-refractivity contribution < 1.29 is 9.18 Å². The number of anilines is 1. The molecular weight excluding hydrogens is 437 g/mol. The van der Waals surface area contributed by atoms with Crippen LogP contribution in [0.25, 0.3) is 0 Å². The first-order chi connectivity index (χ1) is 15.9. The molecule has 2 aromatic heterocycles. The Kier molecular flexibility index (Phi) is 6.74. The normalized spacial score (nSPS) is 17.8. The predicted octanol–water partition coefficient (Wildman–Crippen LogP) is 4.66. The zero-order valence-corrected chi connectivity index (χ0v) is 19.8. The van der Waals surface area contributed by atoms with Gasteiger partial charge in [-0.1, -0.05) is 18.2 Å². The summed E-state index contributed by atoms with van der Waals surface area (Å²) in [5.41, 5.74) is 4.59. The van der Waals surface area contributed by atoms with Gasteiger partial charge in [0.1, 0.15) is 5.82 Å². The molecule has 172 valence electrons. The highest BCUT2D eigenvalue weighted by Gasteiger charge is 2.41. The van der Waals surface area contributed by atoms with E-state index >= 15 is 0 Å². The molecule has 3 heterocycles. The van der Waals surface area contributed by atoms with Crippen LogP contribution in [0.5, 0.6) is 0 Å². The number of thiocarbonyl (C=S) groups is 1. The molecule has 1 saturated heterocycles. The number of hydrogen-bond acceptors (Lipinski definition) is 3. The van der Waals surface area contributed by atoms with E-state index in [1.54, 1.807) is 24.4 Å². The molecule has 3 aromatic rings. The smallest absolute Gasteiger partial charge is 0.226 e. The number of rotatable bonds is 7. The van der Waals surface area contributed by atoms with Gasteiger partial charge in [-0.05, 0) is 68.9 Å². The molecule has 1 amide bonds. The summed E-state index contributed by atoms with van der Waals surface area (Å²) >= 11 is 5.70. The second kappa shape index (κ2) is 9.70. The Morgan fingerprint density at radius 3 is 2.64 bits per heavy atom. The molecule has 4 rings (SSSR count). The SMILES string of the molecule is CCn1c(C)cc(C2C(c3ccccn3)NC(=S)N2CCC(=O)Nc2ccccc2F)c1C. The van der Waals surface area contributed by atoms with Crippen LogP contribution in [0.1, 0.15) is 48.1 Å². The van der Waals surface area contributed by atoms with Gasteiger partial charge in [-0.3, -0.25) is 9.78 Å². The van der Waals surface area contributed by atoms with Crippen molar-refractivity contribution >= 4 is 28.9 Å². The highest BCUT2D eigenvalue weighted by Crippen LogP contribution is 2.40. The highest BCUT2D eigenvalue weighted by atomic mass is 32.1. The fourth-order valence-electron chi connectivity index (χ4n) is 4.60. The summed E-state index contributed by atoms with van der Waals surface area (Å²) in [6.07, 6.45) is 1.95. The molecule has 1 aliphatic rings. The van der Waals surface area contributed by atoms with Gasteiger partial charge in [0.2, 0.25) is 5.91 Å². The molecule has 8 heteroatoms. The second-order valence-corrected chi connectivity index (χ2v) is 8.56. The lowest BCUT2D eigenvalue weighted by Gasteiger charge is -2.28. The minimum absolute atomic E-state index is 0.111. The maximum Gasteiger partial charge on any atom is 0.226 e. The number of nitrogens with one attached hydrogen (secondary N) is 2. The number of pyridine rings is 1. The Morgan fingerprint density at radius 2 is 1.97 bits per heavy atom. The lowest BCUT2D eigenvalue weighted by atomic mass is 9.96. The van der Waals surface area contributed by atoms with Crippen LogP contribution in [-0.4, -0.2) is 32.0 Å². The second-order valence-electron chi connectivity index (χ2n) is 8.17. The van der Waals surface area contributed by atoms with Gasteiger partial charge in [0.15, 0.2) is 5.11 Å². The number of aryl methyl sites for hydroxylation is 1. The molecule has 2 atom stereocenters. The predicted molar refractivity (Wildman–Crippen MR) is 131 cm³/mol. The zero-order chi connectivity index (χ0) is 23.5. The quantitative estimate of drug-likeness (QED) is 0.497. The molecule has 1 aromatic carbocycles. The molecule has 2 N–H and O–H groups in total. The van der Waals surface area contributed by atoms with Crippen molar-refractivity contribution in [1.82, 2.24) is 19.8 Å². The number of carbonyl (C=O) groups excluding carboxylic acids is 1. The van der Waals surface area contributed by atoms with Gasteiger partial charge in [-0.15, -0.1) is 0 Å². The van der Waals surface area contributed by atoms with Crippen LogP contribution in [0.15, 0.2) is 54.7 Å². The lowest BCUT2D eigenvalue weighted by Crippen LogP contribution is -2.33. The number of hydrogen-bond donors (Lipinski definition) is 2. The maximum absolute atomic E-state index is 13.9. The molecule has 1 aliphatic heterocycles. The van der Waals surface area contributed by atoms with Crippen LogP contribution >= 0.6 is 12.2 Å². The van der Waals surface area contributed by atoms with E-state index in [-0.39, 0.29) is 30.1 Å². The molecule has 6 nitrogen and oxygen atoms in total. The van der Waals surface area contributed by atoms with E-state index in [1.165, 1.54) is 17.5 Å². The van der Waals surface area contributed by atoms with Crippen LogP contribution in [0, 0.1) is 19.7 Å². The van der Waals surface area contributed by atoms with Crippen molar-refractivity contribution in [3.8, 4) is 0 Å². The highest BCUT2D eigenvalue weighted by molar-refractivity contribution is 7.80. The average Bonchev–Trinajstić information content (AvgIpc) is 3.29. The molecule has 0 spiro atoms. The van der Waals surface area contributed by atoms with Crippen LogP contribution in [0.3, 0.4) is 0 Å². The molecular formula is C25H28FN5OS. The van der Waals surface area contributed by atoms with Gasteiger partial charge < -0.3 is 20.1 Å². The third-order valence-electron chi connectivity index (χ3n) is 6.17. The van der Waals surface area contributed by atoms with Gasteiger partial charge in [-0.25, -0.2) is 4.39 Å². The number of carbonyl (C=O) groups is 1. The number of halogens is 1. The van der Waals surface area contributed by atoms with E-state index in [2.05, 4.69) is 51.9 Å². The van der Waals surface area contributed by atoms with E-state index < -0.39 is 5.82 Å². The summed E-state index contributed by atoms with van der Waals surface area (Å²) in [5.74, 6) is -0.716. The average molecular weight is 466 g/mol. The minimum Gasteiger partial charge on any atom is -0.352 e. The molecule has 33 heavy (non-hydrogen) atoms. The summed E-state index contributed by atoms with van der Waals surface area (Å²) in [7, 11) is 0. The van der Waals surface area contributed by atoms with Gasteiger partial charge in [0.25, 0.3) is 0 Å². The first kappa shape index (κ1) is 22.9. The number of aromatic nitrogens is 2. The summed E-state index contributed by atoms with van der Waals surface area (Å²) in [6.45, 7) is 7.62. The van der Waals surface area contributed by atoms with E-state index in [9.17, 15) is 9.18 Å². The van der Waals surface area contributed by atoms with E-state index in [0.717, 1.165) is 17.8 Å². The van der Waals surface area contributed by atoms with Crippen LogP contribution in [0.4, 0.5) is 10.1 Å². The summed E-state index contributed by atoms with van der Waals surface area (Å²) in [6, 6.07) is 13.9. The monoisotopic (exact) mass is 465 g/mol. The summed E-state index contributed by atoms with van der Waals surface area (Å²) < 4.78 is 16.2. The van der Waals surface area contributed by atoms with E-state index in [4.69, 9.17) is 12.2 Å². The Morgan fingerprint density at radius 1 is 1.21 bits per heavy atom. The number of para-hydroxylation sites is 1. The standard InChI is InChI=1S/C25H28FN5OS/c1-4-30-16(2)15-18(17(30)3)24-23(21-11-7-8-13-27-21)29-25(33)31(24)14-12-22(32)28-20-10-6-5-9-19(20)26/h5-11,13,15,23-24H,4,12,14H2,1-3H3,(H,28,32)(H,29,33). The summed E-state index contributed by atoms with van der Waals surface area (Å²) in [4.78, 5) is 19.2. The Bertz CT molecular complexity index is 1160. The molecule has 1 fully saturated rings. The topological polar surface area (TPSA) is 62.2 Å². The fourth-order valence-corrected chi connectivity index (χ4v) is 4.93. The fraction of sp³-hybridized carbons (Fsp3) is 0.320. The summed E-state index contributed by atoms with van der Waals surface area (Å²) in [5, 5.41) is 6.66. The largest absolute Gasteiger partial charge is 0.352 e. The first-order valence-electron chi connectivity index (χ1n) is 11.1. The van der Waals surface area contributed by atoms with Gasteiger partial charge in [0.05, 0.1) is 23.5 Å². The third-order valence-corrected chi connectivity index (χ3v) is 6.53. The van der Waals surface area contributed by atoms with Crippen molar-refractivity contribution in [2.45, 2.75) is 45.8 Å². The van der Waals surface area contributed by atoms with Crippen molar-refractivity contribution in [2.24, 2.45) is 0 Å². The van der Waals surface area contributed by atoms with Crippen molar-refractivity contribution in [3.63, 3.8) is 0 Å². The molecule has 0 radical (unpaired) electrons. The molecule has 0 aliphatic carbocycles. The number of benzene rings is 1. The van der Waals surface area contributed by atoms with Crippen LogP contribution in [0.2, 0.25) is 0 Å². The van der Waals surface area contributed by atoms with Crippen molar-refractivity contribution in [3.05, 3.63) is 83.2 Å². The van der Waals surface area contributed by atoms with Crippen LogP contribution < -0.4 is 10.6 Å². The molecule has 0 bridgehead atoms. The first-order valence-corrected chi connectivity index (χ1v) is 11.5. The lowest BCUT2D eigenvalue weighted by molar-refractivity contribution is -0.116.